The number of hydrogen-bond donors (Lipinski definition) is 3. The van der Waals surface area contributed by atoms with E-state index in [0.29, 0.717) is 6.42 Å². The molecule has 0 fully saturated rings. The van der Waals surface area contributed by atoms with E-state index in [1.165, 1.54) is 257 Å². The Balaban J connectivity index is 3.52. The monoisotopic (exact) mass is 990 g/mol. The molecule has 0 aromatic heterocycles. The van der Waals surface area contributed by atoms with Crippen LogP contribution < -0.4 is 5.32 Å². The summed E-state index contributed by atoms with van der Waals surface area (Å²) in [6.07, 6.45) is 89.5. The van der Waals surface area contributed by atoms with E-state index < -0.39 is 12.1 Å². The standard InChI is InChI=1S/C67H123NO3/c1-3-5-7-9-11-13-15-17-19-21-23-25-27-29-31-32-33-34-35-36-37-39-41-43-45-47-49-51-53-55-57-59-61-63-67(71)68-65(64-69)66(70)62-60-58-56-54-52-50-48-46-44-42-40-38-30-28-26-24-22-20-18-16-14-12-10-8-6-4-2/h15,17,21,23,27,29,44,46,52,54,60,62,65-66,69-70H,3-14,16,18-20,22,24-26,28,30-43,45,47-51,53,55-59,61,63-64H2,1-2H3,(H,68,71)/b17-15-,23-21-,29-27-,46-44+,54-52+,62-60+. The third-order valence-electron chi connectivity index (χ3n) is 14.4. The Labute approximate surface area is 444 Å². The molecule has 0 aliphatic heterocycles. The number of amides is 1. The summed E-state index contributed by atoms with van der Waals surface area (Å²) in [5.41, 5.74) is 0. The molecule has 0 aliphatic rings. The van der Waals surface area contributed by atoms with Crippen LogP contribution in [0.25, 0.3) is 0 Å². The molecule has 0 aromatic carbocycles. The second kappa shape index (κ2) is 62.1. The van der Waals surface area contributed by atoms with Gasteiger partial charge in [0.25, 0.3) is 0 Å². The highest BCUT2D eigenvalue weighted by atomic mass is 16.3. The minimum atomic E-state index is -0.874. The van der Waals surface area contributed by atoms with Gasteiger partial charge in [-0.3, -0.25) is 4.79 Å². The molecule has 0 saturated carbocycles. The Morgan fingerprint density at radius 1 is 0.338 bits per heavy atom. The van der Waals surface area contributed by atoms with Gasteiger partial charge in [0.2, 0.25) is 5.91 Å². The maximum atomic E-state index is 12.5. The van der Waals surface area contributed by atoms with Crippen molar-refractivity contribution in [2.24, 2.45) is 0 Å². The number of carbonyl (C=O) groups excluding carboxylic acids is 1. The fourth-order valence-electron chi connectivity index (χ4n) is 9.57. The maximum absolute atomic E-state index is 12.5. The molecule has 2 unspecified atom stereocenters. The number of aliphatic hydroxyl groups excluding tert-OH is 2. The molecule has 0 saturated heterocycles. The summed E-state index contributed by atoms with van der Waals surface area (Å²) in [4.78, 5) is 12.5. The van der Waals surface area contributed by atoms with Crippen LogP contribution in [0.15, 0.2) is 72.9 Å². The van der Waals surface area contributed by atoms with Crippen molar-refractivity contribution >= 4 is 5.91 Å². The number of nitrogens with one attached hydrogen (secondary N) is 1. The van der Waals surface area contributed by atoms with Crippen molar-refractivity contribution < 1.29 is 15.0 Å². The van der Waals surface area contributed by atoms with E-state index in [0.717, 1.165) is 51.4 Å². The zero-order valence-electron chi connectivity index (χ0n) is 47.7. The molecule has 0 heterocycles. The summed E-state index contributed by atoms with van der Waals surface area (Å²) in [7, 11) is 0. The second-order valence-corrected chi connectivity index (χ2v) is 21.5. The van der Waals surface area contributed by atoms with E-state index in [4.69, 9.17) is 0 Å². The lowest BCUT2D eigenvalue weighted by atomic mass is 10.0. The summed E-state index contributed by atoms with van der Waals surface area (Å²) < 4.78 is 0. The molecule has 0 radical (unpaired) electrons. The molecule has 0 rings (SSSR count). The molecule has 3 N–H and O–H groups in total. The average Bonchev–Trinajstić information content (AvgIpc) is 3.37. The van der Waals surface area contributed by atoms with Crippen LogP contribution in [-0.4, -0.2) is 34.9 Å². The lowest BCUT2D eigenvalue weighted by Gasteiger charge is -2.19. The topological polar surface area (TPSA) is 69.6 Å². The van der Waals surface area contributed by atoms with Gasteiger partial charge in [-0.15, -0.1) is 0 Å². The van der Waals surface area contributed by atoms with Gasteiger partial charge in [-0.2, -0.15) is 0 Å². The first-order chi connectivity index (χ1) is 35.2. The van der Waals surface area contributed by atoms with Gasteiger partial charge in [0.15, 0.2) is 0 Å². The van der Waals surface area contributed by atoms with Crippen LogP contribution in [0.2, 0.25) is 0 Å². The highest BCUT2D eigenvalue weighted by Crippen LogP contribution is 2.17. The zero-order chi connectivity index (χ0) is 51.3. The molecule has 71 heavy (non-hydrogen) atoms. The van der Waals surface area contributed by atoms with E-state index in [1.54, 1.807) is 6.08 Å². The quantitative estimate of drug-likeness (QED) is 0.0420. The molecular weight excluding hydrogens is 867 g/mol. The first-order valence-corrected chi connectivity index (χ1v) is 31.7. The van der Waals surface area contributed by atoms with E-state index in [2.05, 4.69) is 79.9 Å². The molecule has 0 aliphatic carbocycles. The fourth-order valence-corrected chi connectivity index (χ4v) is 9.57. The zero-order valence-corrected chi connectivity index (χ0v) is 47.7. The van der Waals surface area contributed by atoms with Crippen LogP contribution in [0.4, 0.5) is 0 Å². The number of allylic oxidation sites excluding steroid dienone is 11. The molecule has 1 amide bonds. The Kier molecular flexibility index (Phi) is 60.2. The minimum absolute atomic E-state index is 0.0749. The summed E-state index contributed by atoms with van der Waals surface area (Å²) >= 11 is 0. The summed E-state index contributed by atoms with van der Waals surface area (Å²) in [6, 6.07) is -0.649. The smallest absolute Gasteiger partial charge is 0.220 e. The number of hydrogen-bond acceptors (Lipinski definition) is 3. The van der Waals surface area contributed by atoms with Gasteiger partial charge >= 0.3 is 0 Å². The molecule has 4 heteroatoms. The molecule has 0 aromatic rings. The third kappa shape index (κ3) is 58.6. The van der Waals surface area contributed by atoms with E-state index in [-0.39, 0.29) is 12.5 Å². The Morgan fingerprint density at radius 2 is 0.592 bits per heavy atom. The first kappa shape index (κ1) is 68.8. The van der Waals surface area contributed by atoms with Gasteiger partial charge in [-0.05, 0) is 83.5 Å². The van der Waals surface area contributed by atoms with Gasteiger partial charge in [0, 0.05) is 6.42 Å². The fraction of sp³-hybridized carbons (Fsp3) is 0.806. The lowest BCUT2D eigenvalue weighted by Crippen LogP contribution is -2.45. The van der Waals surface area contributed by atoms with Crippen LogP contribution in [0.3, 0.4) is 0 Å². The normalized spacial score (nSPS) is 13.2. The van der Waals surface area contributed by atoms with Crippen LogP contribution >= 0.6 is 0 Å². The Bertz CT molecular complexity index is 1210. The van der Waals surface area contributed by atoms with Crippen LogP contribution in [0.1, 0.15) is 328 Å². The highest BCUT2D eigenvalue weighted by Gasteiger charge is 2.18. The predicted octanol–water partition coefficient (Wildman–Crippen LogP) is 21.3. The van der Waals surface area contributed by atoms with Gasteiger partial charge in [-0.1, -0.05) is 311 Å². The number of carbonyl (C=O) groups is 1. The number of rotatable bonds is 58. The van der Waals surface area contributed by atoms with Crippen molar-refractivity contribution in [1.29, 1.82) is 0 Å². The highest BCUT2D eigenvalue weighted by molar-refractivity contribution is 5.76. The Hall–Kier alpha value is -2.17. The average molecular weight is 991 g/mol. The SMILES string of the molecule is CCCCCCC/C=C\C/C=C\C/C=C\CCCCCCCCCCCCCCCCCCCCC(=O)NC(CO)C(O)/C=C/CC/C=C/CC/C=C/CCCCCCCCCCCCCCCCCC. The van der Waals surface area contributed by atoms with Crippen molar-refractivity contribution in [3.05, 3.63) is 72.9 Å². The molecule has 0 bridgehead atoms. The Morgan fingerprint density at radius 3 is 0.915 bits per heavy atom. The summed E-state index contributed by atoms with van der Waals surface area (Å²) in [5.74, 6) is -0.0749. The van der Waals surface area contributed by atoms with Gasteiger partial charge in [0.1, 0.15) is 0 Å². The minimum Gasteiger partial charge on any atom is -0.394 e. The van der Waals surface area contributed by atoms with Crippen molar-refractivity contribution in [2.75, 3.05) is 6.61 Å². The third-order valence-corrected chi connectivity index (χ3v) is 14.4. The van der Waals surface area contributed by atoms with E-state index >= 15 is 0 Å². The van der Waals surface area contributed by atoms with Crippen molar-refractivity contribution in [3.8, 4) is 0 Å². The van der Waals surface area contributed by atoms with Gasteiger partial charge in [0.05, 0.1) is 18.8 Å². The van der Waals surface area contributed by atoms with E-state index in [1.807, 2.05) is 6.08 Å². The van der Waals surface area contributed by atoms with Crippen molar-refractivity contribution in [2.45, 2.75) is 341 Å². The first-order valence-electron chi connectivity index (χ1n) is 31.7. The summed E-state index contributed by atoms with van der Waals surface area (Å²) in [5, 5.41) is 23.2. The van der Waals surface area contributed by atoms with Crippen molar-refractivity contribution in [1.82, 2.24) is 5.32 Å². The van der Waals surface area contributed by atoms with Crippen LogP contribution in [0, 0.1) is 0 Å². The number of aliphatic hydroxyl groups is 2. The lowest BCUT2D eigenvalue weighted by molar-refractivity contribution is -0.123. The maximum Gasteiger partial charge on any atom is 0.220 e. The van der Waals surface area contributed by atoms with E-state index in [9.17, 15) is 15.0 Å². The molecular formula is C67H123NO3. The molecule has 2 atom stereocenters. The molecule has 0 spiro atoms. The second-order valence-electron chi connectivity index (χ2n) is 21.5. The van der Waals surface area contributed by atoms with Crippen molar-refractivity contribution in [3.63, 3.8) is 0 Å². The van der Waals surface area contributed by atoms with Gasteiger partial charge in [-0.25, -0.2) is 0 Å². The molecule has 414 valence electrons. The van der Waals surface area contributed by atoms with Crippen LogP contribution in [0.5, 0.6) is 0 Å². The van der Waals surface area contributed by atoms with Crippen LogP contribution in [-0.2, 0) is 4.79 Å². The predicted molar refractivity (Wildman–Crippen MR) is 317 cm³/mol. The van der Waals surface area contributed by atoms with Gasteiger partial charge < -0.3 is 15.5 Å². The number of unbranched alkanes of at least 4 members (excludes halogenated alkanes) is 41. The molecule has 4 nitrogen and oxygen atoms in total. The summed E-state index contributed by atoms with van der Waals surface area (Å²) in [6.45, 7) is 4.31. The largest absolute Gasteiger partial charge is 0.394 e.